The molecular weight excluding hydrogens is 496 g/mol. The second kappa shape index (κ2) is 9.64. The van der Waals surface area contributed by atoms with Crippen LogP contribution in [0.3, 0.4) is 0 Å². The topological polar surface area (TPSA) is 79.7 Å². The molecule has 0 unspecified atom stereocenters. The molecule has 0 radical (unpaired) electrons. The van der Waals surface area contributed by atoms with Crippen LogP contribution >= 0.6 is 0 Å². The SMILES string of the molecule is CNC1CN(C(=O)c2cc3n(n2)CCCN(C(=O)OCc2cc(C(F)(F)F)cc(C(F)(F)F)c2)C3)C1. The van der Waals surface area contributed by atoms with Crippen molar-refractivity contribution in [1.29, 1.82) is 0 Å². The highest BCUT2D eigenvalue weighted by molar-refractivity contribution is 5.93. The summed E-state index contributed by atoms with van der Waals surface area (Å²) >= 11 is 0. The number of ether oxygens (including phenoxy) is 1. The zero-order valence-corrected chi connectivity index (χ0v) is 19.1. The summed E-state index contributed by atoms with van der Waals surface area (Å²) in [5.74, 6) is -0.235. The number of carbonyl (C=O) groups is 2. The summed E-state index contributed by atoms with van der Waals surface area (Å²) in [4.78, 5) is 28.1. The number of halogens is 6. The van der Waals surface area contributed by atoms with Crippen molar-refractivity contribution < 1.29 is 40.7 Å². The average molecular weight is 519 g/mol. The second-order valence-corrected chi connectivity index (χ2v) is 8.68. The fourth-order valence-corrected chi connectivity index (χ4v) is 4.05. The number of likely N-dealkylation sites (tertiary alicyclic amines) is 1. The Morgan fingerprint density at radius 3 is 2.22 bits per heavy atom. The number of aryl methyl sites for hydroxylation is 1. The molecule has 196 valence electrons. The average Bonchev–Trinajstić information content (AvgIpc) is 3.06. The Morgan fingerprint density at radius 1 is 1.00 bits per heavy atom. The van der Waals surface area contributed by atoms with Crippen LogP contribution in [0.1, 0.15) is 39.3 Å². The highest BCUT2D eigenvalue weighted by Gasteiger charge is 2.37. The van der Waals surface area contributed by atoms with E-state index in [1.54, 1.807) is 22.7 Å². The van der Waals surface area contributed by atoms with E-state index < -0.39 is 41.7 Å². The Morgan fingerprint density at radius 2 is 1.64 bits per heavy atom. The van der Waals surface area contributed by atoms with Gasteiger partial charge in [0.2, 0.25) is 0 Å². The van der Waals surface area contributed by atoms with Crippen molar-refractivity contribution in [3.63, 3.8) is 0 Å². The predicted molar refractivity (Wildman–Crippen MR) is 113 cm³/mol. The van der Waals surface area contributed by atoms with Crippen LogP contribution in [0, 0.1) is 0 Å². The third-order valence-electron chi connectivity index (χ3n) is 6.08. The van der Waals surface area contributed by atoms with E-state index in [0.29, 0.717) is 43.9 Å². The number of aromatic nitrogens is 2. The van der Waals surface area contributed by atoms with E-state index in [4.69, 9.17) is 4.74 Å². The fourth-order valence-electron chi connectivity index (χ4n) is 4.05. The van der Waals surface area contributed by atoms with E-state index in [0.717, 1.165) is 0 Å². The maximum Gasteiger partial charge on any atom is 0.416 e. The van der Waals surface area contributed by atoms with Gasteiger partial charge in [0.15, 0.2) is 5.69 Å². The van der Waals surface area contributed by atoms with Crippen LogP contribution in [0.4, 0.5) is 31.1 Å². The lowest BCUT2D eigenvalue weighted by molar-refractivity contribution is -0.143. The number of benzene rings is 1. The molecule has 0 bridgehead atoms. The molecule has 2 aliphatic heterocycles. The Balaban J connectivity index is 1.43. The lowest BCUT2D eigenvalue weighted by Gasteiger charge is -2.38. The molecule has 3 heterocycles. The predicted octanol–water partition coefficient (Wildman–Crippen LogP) is 3.51. The smallest absolute Gasteiger partial charge is 0.416 e. The minimum absolute atomic E-state index is 0.0131. The third kappa shape index (κ3) is 5.58. The first-order valence-electron chi connectivity index (χ1n) is 11.1. The maximum absolute atomic E-state index is 13.1. The summed E-state index contributed by atoms with van der Waals surface area (Å²) in [5.41, 5.74) is -2.60. The van der Waals surface area contributed by atoms with Gasteiger partial charge in [-0.05, 0) is 43.3 Å². The summed E-state index contributed by atoms with van der Waals surface area (Å²) in [7, 11) is 1.81. The highest BCUT2D eigenvalue weighted by atomic mass is 19.4. The minimum Gasteiger partial charge on any atom is -0.445 e. The van der Waals surface area contributed by atoms with Crippen LogP contribution in [0.25, 0.3) is 0 Å². The molecule has 0 spiro atoms. The van der Waals surface area contributed by atoms with Crippen LogP contribution in [0.2, 0.25) is 0 Å². The standard InChI is InChI=1S/C22H23F6N5O3/c1-29-16-9-32(10-16)19(34)18-8-17-11-31(3-2-4-33(17)30-18)20(35)36-12-13-5-14(21(23,24)25)7-15(6-13)22(26,27)28/h5-8,16,29H,2-4,9-12H2,1H3. The summed E-state index contributed by atoms with van der Waals surface area (Å²) in [6.07, 6.45) is -10.4. The first kappa shape index (κ1) is 25.8. The highest BCUT2D eigenvalue weighted by Crippen LogP contribution is 2.36. The molecule has 1 saturated heterocycles. The molecule has 14 heteroatoms. The summed E-state index contributed by atoms with van der Waals surface area (Å²) in [6, 6.07) is 2.85. The van der Waals surface area contributed by atoms with Crippen molar-refractivity contribution >= 4 is 12.0 Å². The molecule has 0 saturated carbocycles. The van der Waals surface area contributed by atoms with E-state index in [9.17, 15) is 35.9 Å². The van der Waals surface area contributed by atoms with Gasteiger partial charge in [-0.3, -0.25) is 9.48 Å². The molecule has 2 aromatic rings. The van der Waals surface area contributed by atoms with Crippen molar-refractivity contribution in [2.75, 3.05) is 26.7 Å². The van der Waals surface area contributed by atoms with Gasteiger partial charge in [-0.2, -0.15) is 31.4 Å². The van der Waals surface area contributed by atoms with E-state index in [-0.39, 0.29) is 36.8 Å². The number of amides is 2. The third-order valence-corrected chi connectivity index (χ3v) is 6.08. The van der Waals surface area contributed by atoms with Crippen molar-refractivity contribution in [2.45, 2.75) is 44.5 Å². The van der Waals surface area contributed by atoms with Gasteiger partial charge in [-0.1, -0.05) is 0 Å². The number of hydrogen-bond donors (Lipinski definition) is 1. The maximum atomic E-state index is 13.1. The van der Waals surface area contributed by atoms with Gasteiger partial charge in [0.1, 0.15) is 6.61 Å². The van der Waals surface area contributed by atoms with Crippen molar-refractivity contribution in [2.24, 2.45) is 0 Å². The zero-order valence-electron chi connectivity index (χ0n) is 19.1. The van der Waals surface area contributed by atoms with Gasteiger partial charge < -0.3 is 19.9 Å². The molecule has 36 heavy (non-hydrogen) atoms. The number of alkyl halides is 6. The molecule has 8 nitrogen and oxygen atoms in total. The van der Waals surface area contributed by atoms with Gasteiger partial charge >= 0.3 is 18.4 Å². The monoisotopic (exact) mass is 519 g/mol. The lowest BCUT2D eigenvalue weighted by Crippen LogP contribution is -2.59. The van der Waals surface area contributed by atoms with Gasteiger partial charge in [0.25, 0.3) is 5.91 Å². The quantitative estimate of drug-likeness (QED) is 0.626. The Bertz CT molecular complexity index is 1110. The molecule has 0 atom stereocenters. The Labute approximate surface area is 201 Å². The van der Waals surface area contributed by atoms with Gasteiger partial charge in [-0.15, -0.1) is 0 Å². The number of fused-ring (bicyclic) bond motifs is 1. The van der Waals surface area contributed by atoms with Crippen molar-refractivity contribution in [3.8, 4) is 0 Å². The molecule has 2 aliphatic rings. The fraction of sp³-hybridized carbons (Fsp3) is 0.500. The molecule has 2 amide bonds. The van der Waals surface area contributed by atoms with Crippen LogP contribution in [-0.4, -0.2) is 64.3 Å². The normalized spacial score (nSPS) is 16.9. The first-order valence-corrected chi connectivity index (χ1v) is 11.1. The molecule has 1 aromatic heterocycles. The van der Waals surface area contributed by atoms with Gasteiger partial charge in [-0.25, -0.2) is 4.79 Å². The molecule has 1 N–H and O–H groups in total. The van der Waals surface area contributed by atoms with E-state index in [1.807, 2.05) is 0 Å². The Hall–Kier alpha value is -3.29. The zero-order chi connectivity index (χ0) is 26.3. The minimum atomic E-state index is -5.00. The summed E-state index contributed by atoms with van der Waals surface area (Å²) < 4.78 is 85.0. The molecule has 1 fully saturated rings. The number of likely N-dealkylation sites (N-methyl/N-ethyl adjacent to an activating group) is 1. The number of nitrogens with one attached hydrogen (secondary N) is 1. The molecule has 0 aliphatic carbocycles. The van der Waals surface area contributed by atoms with Crippen LogP contribution in [0.5, 0.6) is 0 Å². The number of nitrogens with zero attached hydrogens (tertiary/aromatic N) is 4. The molecule has 4 rings (SSSR count). The van der Waals surface area contributed by atoms with Crippen molar-refractivity contribution in [3.05, 3.63) is 52.3 Å². The summed E-state index contributed by atoms with van der Waals surface area (Å²) in [5, 5.41) is 7.40. The first-order chi connectivity index (χ1) is 16.8. The van der Waals surface area contributed by atoms with E-state index in [1.165, 1.54) is 4.90 Å². The van der Waals surface area contributed by atoms with Crippen LogP contribution in [-0.2, 0) is 36.8 Å². The van der Waals surface area contributed by atoms with Crippen molar-refractivity contribution in [1.82, 2.24) is 24.9 Å². The second-order valence-electron chi connectivity index (χ2n) is 8.68. The molecule has 1 aromatic carbocycles. The van der Waals surface area contributed by atoms with Crippen LogP contribution < -0.4 is 5.32 Å². The van der Waals surface area contributed by atoms with Gasteiger partial charge in [0.05, 0.1) is 23.4 Å². The number of carbonyl (C=O) groups excluding carboxylic acids is 2. The largest absolute Gasteiger partial charge is 0.445 e. The lowest BCUT2D eigenvalue weighted by atomic mass is 10.1. The summed E-state index contributed by atoms with van der Waals surface area (Å²) in [6.45, 7) is 1.02. The number of rotatable bonds is 4. The van der Waals surface area contributed by atoms with Gasteiger partial charge in [0, 0.05) is 32.2 Å². The van der Waals surface area contributed by atoms with Crippen LogP contribution in [0.15, 0.2) is 24.3 Å². The van der Waals surface area contributed by atoms with E-state index in [2.05, 4.69) is 10.4 Å². The Kier molecular flexibility index (Phi) is 6.90. The molecular formula is C22H23F6N5O3. The van der Waals surface area contributed by atoms with E-state index >= 15 is 0 Å². The number of hydrogen-bond acceptors (Lipinski definition) is 5.